The third-order valence-electron chi connectivity index (χ3n) is 4.27. The number of rotatable bonds is 3. The number of piperidine rings is 1. The van der Waals surface area contributed by atoms with Crippen molar-refractivity contribution in [1.82, 2.24) is 9.80 Å². The van der Waals surface area contributed by atoms with Crippen molar-refractivity contribution >= 4 is 11.8 Å². The van der Waals surface area contributed by atoms with Crippen molar-refractivity contribution in [3.8, 4) is 0 Å². The van der Waals surface area contributed by atoms with Gasteiger partial charge in [0.05, 0.1) is 5.60 Å². The van der Waals surface area contributed by atoms with Crippen LogP contribution in [-0.4, -0.2) is 74.2 Å². The van der Waals surface area contributed by atoms with Gasteiger partial charge in [-0.2, -0.15) is 0 Å². The minimum atomic E-state index is -0.314. The number of ether oxygens (including phenoxy) is 2. The number of nitrogens with zero attached hydrogens (tertiary/aromatic N) is 2. The second kappa shape index (κ2) is 6.10. The summed E-state index contributed by atoms with van der Waals surface area (Å²) in [5, 5.41) is 0. The average molecular weight is 284 g/mol. The molecule has 2 amide bonds. The second-order valence-electron chi connectivity index (χ2n) is 5.87. The molecular weight excluding hydrogens is 260 g/mol. The first-order chi connectivity index (χ1) is 9.47. The van der Waals surface area contributed by atoms with Crippen LogP contribution < -0.4 is 0 Å². The van der Waals surface area contributed by atoms with Crippen LogP contribution in [-0.2, 0) is 19.1 Å². The van der Waals surface area contributed by atoms with Gasteiger partial charge < -0.3 is 19.3 Å². The largest absolute Gasteiger partial charge is 0.375 e. The third-order valence-corrected chi connectivity index (χ3v) is 4.27. The first-order valence-corrected chi connectivity index (χ1v) is 7.13. The summed E-state index contributed by atoms with van der Waals surface area (Å²) in [7, 11) is 5.03. The van der Waals surface area contributed by atoms with Crippen LogP contribution in [0.2, 0.25) is 0 Å². The van der Waals surface area contributed by atoms with Crippen molar-refractivity contribution in [2.75, 3.05) is 40.9 Å². The van der Waals surface area contributed by atoms with E-state index in [2.05, 4.69) is 0 Å². The molecule has 2 saturated heterocycles. The number of methoxy groups -OCH3 is 1. The van der Waals surface area contributed by atoms with Crippen LogP contribution in [0.3, 0.4) is 0 Å². The zero-order chi connectivity index (χ0) is 14.8. The predicted octanol–water partition coefficient (Wildman–Crippen LogP) is 0.261. The monoisotopic (exact) mass is 284 g/mol. The Morgan fingerprint density at radius 2 is 1.95 bits per heavy atom. The quantitative estimate of drug-likeness (QED) is 0.746. The second-order valence-corrected chi connectivity index (χ2v) is 5.87. The molecule has 2 rings (SSSR count). The lowest BCUT2D eigenvalue weighted by molar-refractivity contribution is -0.152. The Kier molecular flexibility index (Phi) is 4.65. The maximum Gasteiger partial charge on any atom is 0.251 e. The van der Waals surface area contributed by atoms with Crippen LogP contribution in [0.25, 0.3) is 0 Å². The summed E-state index contributed by atoms with van der Waals surface area (Å²) in [6.07, 6.45) is 2.98. The molecule has 1 unspecified atom stereocenters. The molecule has 2 aliphatic heterocycles. The molecule has 0 aromatic heterocycles. The van der Waals surface area contributed by atoms with E-state index in [1.807, 2.05) is 4.90 Å². The summed E-state index contributed by atoms with van der Waals surface area (Å²) >= 11 is 0. The fourth-order valence-electron chi connectivity index (χ4n) is 3.02. The first kappa shape index (κ1) is 15.3. The normalized spacial score (nSPS) is 24.9. The average Bonchev–Trinajstić information content (AvgIpc) is 2.83. The summed E-state index contributed by atoms with van der Waals surface area (Å²) in [5.41, 5.74) is -0.208. The Morgan fingerprint density at radius 1 is 1.30 bits per heavy atom. The van der Waals surface area contributed by atoms with Crippen molar-refractivity contribution < 1.29 is 19.1 Å². The standard InChI is InChI=1S/C14H24N2O4/c1-15(2)13(18)11-4-5-14(20-11)6-8-16(9-7-14)12(17)10-19-3/h11H,4-10H2,1-3H3. The smallest absolute Gasteiger partial charge is 0.251 e. The molecule has 1 atom stereocenters. The molecule has 114 valence electrons. The molecule has 0 aromatic rings. The summed E-state index contributed by atoms with van der Waals surface area (Å²) in [5.74, 6) is 0.0704. The van der Waals surface area contributed by atoms with Crippen molar-refractivity contribution in [2.24, 2.45) is 0 Å². The highest BCUT2D eigenvalue weighted by Crippen LogP contribution is 2.39. The first-order valence-electron chi connectivity index (χ1n) is 7.13. The molecule has 1 spiro atoms. The molecule has 2 aliphatic rings. The SMILES string of the molecule is COCC(=O)N1CCC2(CCC(C(=O)N(C)C)O2)CC1. The van der Waals surface area contributed by atoms with Gasteiger partial charge in [-0.15, -0.1) is 0 Å². The van der Waals surface area contributed by atoms with Gasteiger partial charge in [-0.25, -0.2) is 0 Å². The molecule has 2 heterocycles. The number of likely N-dealkylation sites (tertiary alicyclic amines) is 1. The van der Waals surface area contributed by atoms with E-state index < -0.39 is 0 Å². The molecule has 0 saturated carbocycles. The van der Waals surface area contributed by atoms with Gasteiger partial charge in [-0.3, -0.25) is 9.59 Å². The van der Waals surface area contributed by atoms with E-state index in [1.54, 1.807) is 19.0 Å². The van der Waals surface area contributed by atoms with Crippen LogP contribution in [0.1, 0.15) is 25.7 Å². The van der Waals surface area contributed by atoms with Gasteiger partial charge in [0.2, 0.25) is 5.91 Å². The van der Waals surface area contributed by atoms with Crippen molar-refractivity contribution in [1.29, 1.82) is 0 Å². The summed E-state index contributed by atoms with van der Waals surface area (Å²) in [4.78, 5) is 27.1. The van der Waals surface area contributed by atoms with Crippen molar-refractivity contribution in [3.05, 3.63) is 0 Å². The van der Waals surface area contributed by atoms with E-state index >= 15 is 0 Å². The Hall–Kier alpha value is -1.14. The number of carbonyl (C=O) groups excluding carboxylic acids is 2. The maximum atomic E-state index is 11.9. The molecule has 20 heavy (non-hydrogen) atoms. The number of likely N-dealkylation sites (N-methyl/N-ethyl adjacent to an activating group) is 1. The topological polar surface area (TPSA) is 59.1 Å². The van der Waals surface area contributed by atoms with Gasteiger partial charge in [-0.05, 0) is 25.7 Å². The Morgan fingerprint density at radius 3 is 2.50 bits per heavy atom. The van der Waals surface area contributed by atoms with Crippen LogP contribution >= 0.6 is 0 Å². The van der Waals surface area contributed by atoms with Gasteiger partial charge in [0.1, 0.15) is 12.7 Å². The van der Waals surface area contributed by atoms with Gasteiger partial charge in [0.25, 0.3) is 5.91 Å². The highest BCUT2D eigenvalue weighted by atomic mass is 16.5. The third kappa shape index (κ3) is 3.12. The minimum absolute atomic E-state index is 0.0289. The Labute approximate surface area is 120 Å². The minimum Gasteiger partial charge on any atom is -0.375 e. The van der Waals surface area contributed by atoms with Crippen LogP contribution in [0, 0.1) is 0 Å². The zero-order valence-electron chi connectivity index (χ0n) is 12.6. The Bertz CT molecular complexity index is 375. The fourth-order valence-corrected chi connectivity index (χ4v) is 3.02. The lowest BCUT2D eigenvalue weighted by Crippen LogP contribution is -2.48. The summed E-state index contributed by atoms with van der Waals surface area (Å²) in [6, 6.07) is 0. The fraction of sp³-hybridized carbons (Fsp3) is 0.857. The van der Waals surface area contributed by atoms with E-state index in [0.717, 1.165) is 25.7 Å². The van der Waals surface area contributed by atoms with E-state index in [4.69, 9.17) is 9.47 Å². The molecule has 0 radical (unpaired) electrons. The molecule has 0 aliphatic carbocycles. The number of hydrogen-bond donors (Lipinski definition) is 0. The summed E-state index contributed by atoms with van der Waals surface area (Å²) < 4.78 is 10.9. The van der Waals surface area contributed by atoms with Gasteiger partial charge in [0.15, 0.2) is 0 Å². The number of carbonyl (C=O) groups is 2. The van der Waals surface area contributed by atoms with Gasteiger partial charge in [0, 0.05) is 34.3 Å². The van der Waals surface area contributed by atoms with Crippen molar-refractivity contribution in [3.63, 3.8) is 0 Å². The van der Waals surface area contributed by atoms with Crippen molar-refractivity contribution in [2.45, 2.75) is 37.4 Å². The molecular formula is C14H24N2O4. The van der Waals surface area contributed by atoms with E-state index in [0.29, 0.717) is 13.1 Å². The summed E-state index contributed by atoms with van der Waals surface area (Å²) in [6.45, 7) is 1.51. The lowest BCUT2D eigenvalue weighted by Gasteiger charge is -2.39. The van der Waals surface area contributed by atoms with Crippen LogP contribution in [0.5, 0.6) is 0 Å². The van der Waals surface area contributed by atoms with E-state index in [1.165, 1.54) is 7.11 Å². The number of amides is 2. The number of hydrogen-bond acceptors (Lipinski definition) is 4. The maximum absolute atomic E-state index is 11.9. The predicted molar refractivity (Wildman–Crippen MR) is 73.2 cm³/mol. The van der Waals surface area contributed by atoms with E-state index in [9.17, 15) is 9.59 Å². The van der Waals surface area contributed by atoms with Crippen LogP contribution in [0.4, 0.5) is 0 Å². The zero-order valence-corrected chi connectivity index (χ0v) is 12.6. The molecule has 6 nitrogen and oxygen atoms in total. The molecule has 6 heteroatoms. The van der Waals surface area contributed by atoms with E-state index in [-0.39, 0.29) is 30.1 Å². The molecule has 0 aromatic carbocycles. The Balaban J connectivity index is 1.87. The lowest BCUT2D eigenvalue weighted by atomic mass is 9.88. The molecule has 0 bridgehead atoms. The van der Waals surface area contributed by atoms with Gasteiger partial charge in [-0.1, -0.05) is 0 Å². The van der Waals surface area contributed by atoms with Crippen LogP contribution in [0.15, 0.2) is 0 Å². The molecule has 0 N–H and O–H groups in total. The molecule has 2 fully saturated rings. The highest BCUT2D eigenvalue weighted by molar-refractivity contribution is 5.80. The van der Waals surface area contributed by atoms with Gasteiger partial charge >= 0.3 is 0 Å². The highest BCUT2D eigenvalue weighted by Gasteiger charge is 2.45.